The molecule has 0 rings (SSSR count). The fraction of sp³-hybridized carbons (Fsp3) is 0.786. The number of hydrogen-bond acceptors (Lipinski definition) is 2. The van der Waals surface area contributed by atoms with E-state index in [1.165, 1.54) is 32.1 Å². The van der Waals surface area contributed by atoms with E-state index in [0.717, 1.165) is 5.92 Å². The molecule has 108 valence electrons. The first kappa shape index (κ1) is 23.6. The van der Waals surface area contributed by atoms with E-state index in [1.54, 1.807) is 0 Å². The fourth-order valence-corrected chi connectivity index (χ4v) is 1.30. The van der Waals surface area contributed by atoms with Gasteiger partial charge in [-0.15, -0.1) is 0 Å². The zero-order valence-corrected chi connectivity index (χ0v) is 12.8. The van der Waals surface area contributed by atoms with Crippen LogP contribution >= 0.6 is 0 Å². The SMILES string of the molecule is O=C(O)CC(=O)O.[CH2-]C(CCCCCC)C(C)C.[Li+]. The Morgan fingerprint density at radius 1 is 1.05 bits per heavy atom. The Kier molecular flexibility index (Phi) is 19.4. The summed E-state index contributed by atoms with van der Waals surface area (Å²) in [5, 5.41) is 15.4. The van der Waals surface area contributed by atoms with E-state index < -0.39 is 18.4 Å². The molecule has 1 unspecified atom stereocenters. The van der Waals surface area contributed by atoms with Gasteiger partial charge < -0.3 is 17.1 Å². The molecule has 2 N–H and O–H groups in total. The Morgan fingerprint density at radius 3 is 1.79 bits per heavy atom. The molecule has 0 aliphatic rings. The van der Waals surface area contributed by atoms with Gasteiger partial charge in [-0.3, -0.25) is 9.59 Å². The van der Waals surface area contributed by atoms with Crippen LogP contribution in [0.1, 0.15) is 59.3 Å². The van der Waals surface area contributed by atoms with Crippen LogP contribution in [0.2, 0.25) is 0 Å². The van der Waals surface area contributed by atoms with Gasteiger partial charge in [-0.25, -0.2) is 0 Å². The molecule has 0 aromatic carbocycles. The van der Waals surface area contributed by atoms with Crippen molar-refractivity contribution in [3.8, 4) is 0 Å². The van der Waals surface area contributed by atoms with Crippen molar-refractivity contribution < 1.29 is 38.7 Å². The van der Waals surface area contributed by atoms with Gasteiger partial charge in [0.05, 0.1) is 0 Å². The molecule has 0 saturated heterocycles. The molecule has 0 aromatic heterocycles. The van der Waals surface area contributed by atoms with Gasteiger partial charge in [-0.1, -0.05) is 58.8 Å². The van der Waals surface area contributed by atoms with Crippen LogP contribution in [-0.2, 0) is 9.59 Å². The first-order valence-electron chi connectivity index (χ1n) is 6.57. The topological polar surface area (TPSA) is 74.6 Å². The standard InChI is InChI=1S/C11H23.C3H4O4.Li/c1-5-6-7-8-9-11(4)10(2)3;4-2(5)1-3(6)7;/h10-11H,4-9H2,1-3H3;1H2,(H,4,5)(H,6,7);/q-1;;+1. The molecule has 1 atom stereocenters. The summed E-state index contributed by atoms with van der Waals surface area (Å²) in [6.45, 7) is 10.9. The first-order chi connectivity index (χ1) is 8.31. The molecule has 5 heteroatoms. The van der Waals surface area contributed by atoms with Gasteiger partial charge in [0.25, 0.3) is 0 Å². The second-order valence-corrected chi connectivity index (χ2v) is 4.82. The second kappa shape index (κ2) is 15.6. The van der Waals surface area contributed by atoms with Crippen LogP contribution < -0.4 is 18.9 Å². The summed E-state index contributed by atoms with van der Waals surface area (Å²) in [6.07, 6.45) is 6.02. The molecular weight excluding hydrogens is 239 g/mol. The van der Waals surface area contributed by atoms with Gasteiger partial charge in [0, 0.05) is 0 Å². The van der Waals surface area contributed by atoms with Crippen molar-refractivity contribution in [3.05, 3.63) is 6.92 Å². The average molecular weight is 266 g/mol. The Bertz CT molecular complexity index is 217. The van der Waals surface area contributed by atoms with Crippen LogP contribution in [0.25, 0.3) is 0 Å². The molecule has 19 heavy (non-hydrogen) atoms. The third-order valence-corrected chi connectivity index (χ3v) is 2.67. The third kappa shape index (κ3) is 23.1. The number of hydrogen-bond donors (Lipinski definition) is 2. The number of carboxylic acid groups (broad SMARTS) is 2. The summed E-state index contributed by atoms with van der Waals surface area (Å²) >= 11 is 0. The van der Waals surface area contributed by atoms with Crippen LogP contribution in [-0.4, -0.2) is 22.2 Å². The number of aliphatic carboxylic acids is 2. The Hall–Kier alpha value is -0.463. The summed E-state index contributed by atoms with van der Waals surface area (Å²) in [5.74, 6) is -1.19. The number of carbonyl (C=O) groups is 2. The molecule has 0 saturated carbocycles. The first-order valence-corrected chi connectivity index (χ1v) is 6.57. The largest absolute Gasteiger partial charge is 1.00 e. The normalized spacial score (nSPS) is 11.0. The van der Waals surface area contributed by atoms with Crippen molar-refractivity contribution in [3.63, 3.8) is 0 Å². The van der Waals surface area contributed by atoms with Gasteiger partial charge in [0.2, 0.25) is 0 Å². The van der Waals surface area contributed by atoms with Gasteiger partial charge in [0.15, 0.2) is 0 Å². The maximum atomic E-state index is 9.43. The van der Waals surface area contributed by atoms with E-state index in [1.807, 2.05) is 0 Å². The van der Waals surface area contributed by atoms with Crippen molar-refractivity contribution in [1.82, 2.24) is 0 Å². The molecule has 0 fully saturated rings. The van der Waals surface area contributed by atoms with Crippen LogP contribution in [0.15, 0.2) is 0 Å². The van der Waals surface area contributed by atoms with Gasteiger partial charge in [-0.2, -0.15) is 5.92 Å². The molecule has 0 aliphatic carbocycles. The van der Waals surface area contributed by atoms with Gasteiger partial charge in [-0.05, 0) is 0 Å². The maximum Gasteiger partial charge on any atom is 1.00 e. The van der Waals surface area contributed by atoms with Crippen LogP contribution in [0.3, 0.4) is 0 Å². The molecule has 0 aliphatic heterocycles. The summed E-state index contributed by atoms with van der Waals surface area (Å²) in [7, 11) is 0. The predicted octanol–water partition coefficient (Wildman–Crippen LogP) is 0.613. The van der Waals surface area contributed by atoms with Crippen LogP contribution in [0.5, 0.6) is 0 Å². The van der Waals surface area contributed by atoms with Crippen molar-refractivity contribution in [2.75, 3.05) is 0 Å². The van der Waals surface area contributed by atoms with Crippen molar-refractivity contribution in [2.45, 2.75) is 59.3 Å². The molecular formula is C14H27LiO4. The molecule has 0 heterocycles. The molecule has 0 bridgehead atoms. The maximum absolute atomic E-state index is 9.43. The zero-order valence-electron chi connectivity index (χ0n) is 12.8. The Morgan fingerprint density at radius 2 is 1.53 bits per heavy atom. The van der Waals surface area contributed by atoms with E-state index in [2.05, 4.69) is 27.7 Å². The molecule has 4 nitrogen and oxygen atoms in total. The number of carboxylic acids is 2. The summed E-state index contributed by atoms with van der Waals surface area (Å²) in [4.78, 5) is 18.9. The zero-order chi connectivity index (χ0) is 14.6. The quantitative estimate of drug-likeness (QED) is 0.292. The second-order valence-electron chi connectivity index (χ2n) is 4.82. The minimum atomic E-state index is -1.31. The van der Waals surface area contributed by atoms with Crippen molar-refractivity contribution >= 4 is 11.9 Å². The number of unbranched alkanes of at least 4 members (excludes halogenated alkanes) is 3. The van der Waals surface area contributed by atoms with Crippen LogP contribution in [0.4, 0.5) is 0 Å². The summed E-state index contributed by atoms with van der Waals surface area (Å²) < 4.78 is 0. The van der Waals surface area contributed by atoms with E-state index in [-0.39, 0.29) is 18.9 Å². The minimum Gasteiger partial charge on any atom is -0.481 e. The third-order valence-electron chi connectivity index (χ3n) is 2.67. The smallest absolute Gasteiger partial charge is 0.481 e. The van der Waals surface area contributed by atoms with Crippen LogP contribution in [0, 0.1) is 18.8 Å². The number of rotatable bonds is 8. The molecule has 0 amide bonds. The van der Waals surface area contributed by atoms with Crippen molar-refractivity contribution in [2.24, 2.45) is 11.8 Å². The molecule has 0 radical (unpaired) electrons. The summed E-state index contributed by atoms with van der Waals surface area (Å²) in [6, 6.07) is 0. The fourth-order valence-electron chi connectivity index (χ4n) is 1.30. The van der Waals surface area contributed by atoms with Gasteiger partial charge >= 0.3 is 30.8 Å². The van der Waals surface area contributed by atoms with Crippen molar-refractivity contribution in [1.29, 1.82) is 0 Å². The molecule has 0 aromatic rings. The monoisotopic (exact) mass is 266 g/mol. The Balaban J connectivity index is -0.000000280. The van der Waals surface area contributed by atoms with E-state index >= 15 is 0 Å². The van der Waals surface area contributed by atoms with E-state index in [4.69, 9.17) is 10.2 Å². The molecule has 0 spiro atoms. The Labute approximate surface area is 129 Å². The average Bonchev–Trinajstić information content (AvgIpc) is 2.22. The van der Waals surface area contributed by atoms with E-state index in [9.17, 15) is 9.59 Å². The van der Waals surface area contributed by atoms with Gasteiger partial charge in [0.1, 0.15) is 6.42 Å². The summed E-state index contributed by atoms with van der Waals surface area (Å²) in [5.41, 5.74) is 0. The minimum absolute atomic E-state index is 0. The van der Waals surface area contributed by atoms with E-state index in [0.29, 0.717) is 5.92 Å². The predicted molar refractivity (Wildman–Crippen MR) is 72.3 cm³/mol.